The average Bonchev–Trinajstić information content (AvgIpc) is 3.27. The molecule has 3 aromatic heterocycles. The van der Waals surface area contributed by atoms with Crippen molar-refractivity contribution in [3.63, 3.8) is 0 Å². The van der Waals surface area contributed by atoms with E-state index in [4.69, 9.17) is 16.3 Å². The number of methoxy groups -OCH3 is 1. The first-order chi connectivity index (χ1) is 13.8. The number of carbonyl (C=O) groups is 1. The number of thiazole rings is 1. The lowest BCUT2D eigenvalue weighted by Crippen LogP contribution is -2.37. The molecule has 0 saturated carbocycles. The van der Waals surface area contributed by atoms with Crippen molar-refractivity contribution in [3.05, 3.63) is 44.2 Å². The third-order valence-electron chi connectivity index (χ3n) is 4.46. The van der Waals surface area contributed by atoms with Gasteiger partial charge in [-0.05, 0) is 6.07 Å². The van der Waals surface area contributed by atoms with Gasteiger partial charge in [-0.2, -0.15) is 5.10 Å². The Hall–Kier alpha value is -3.18. The number of nitrogens with one attached hydrogen (secondary N) is 1. The van der Waals surface area contributed by atoms with Crippen molar-refractivity contribution in [2.45, 2.75) is 6.54 Å². The zero-order valence-electron chi connectivity index (χ0n) is 15.6. The summed E-state index contributed by atoms with van der Waals surface area (Å²) < 4.78 is 9.51. The third kappa shape index (κ3) is 3.17. The minimum Gasteiger partial charge on any atom is -0.495 e. The summed E-state index contributed by atoms with van der Waals surface area (Å²) in [7, 11) is 4.43. The molecule has 150 valence electrons. The Morgan fingerprint density at radius 3 is 2.76 bits per heavy atom. The number of benzene rings is 1. The van der Waals surface area contributed by atoms with E-state index in [1.807, 2.05) is 0 Å². The van der Waals surface area contributed by atoms with Gasteiger partial charge in [-0.1, -0.05) is 22.9 Å². The molecule has 0 aliphatic heterocycles. The number of carbonyl (C=O) groups excluding carboxylic acids is 1. The molecule has 0 atom stereocenters. The lowest BCUT2D eigenvalue weighted by atomic mass is 10.3. The Balaban J connectivity index is 1.63. The van der Waals surface area contributed by atoms with E-state index in [1.54, 1.807) is 12.1 Å². The molecule has 0 aliphatic carbocycles. The van der Waals surface area contributed by atoms with Crippen molar-refractivity contribution in [1.29, 1.82) is 0 Å². The zero-order chi connectivity index (χ0) is 20.9. The number of anilines is 1. The van der Waals surface area contributed by atoms with Crippen LogP contribution in [0, 0.1) is 0 Å². The summed E-state index contributed by atoms with van der Waals surface area (Å²) in [6, 6.07) is 3.41. The maximum absolute atomic E-state index is 12.5. The normalized spacial score (nSPS) is 11.3. The SMILES string of the molecule is COc1cc2nc(NC(=O)Cn3ncc4c3c(=O)n(C)c(=O)n4C)sc2cc1Cl. The van der Waals surface area contributed by atoms with Gasteiger partial charge < -0.3 is 10.1 Å². The number of aromatic nitrogens is 5. The Morgan fingerprint density at radius 1 is 1.28 bits per heavy atom. The summed E-state index contributed by atoms with van der Waals surface area (Å²) in [5.74, 6) is 0.0786. The molecule has 1 amide bonds. The van der Waals surface area contributed by atoms with Crippen molar-refractivity contribution in [3.8, 4) is 5.75 Å². The average molecular weight is 435 g/mol. The summed E-state index contributed by atoms with van der Waals surface area (Å²) in [5.41, 5.74) is 0.184. The lowest BCUT2D eigenvalue weighted by molar-refractivity contribution is -0.116. The van der Waals surface area contributed by atoms with Gasteiger partial charge in [0, 0.05) is 20.2 Å². The van der Waals surface area contributed by atoms with E-state index in [9.17, 15) is 14.4 Å². The summed E-state index contributed by atoms with van der Waals surface area (Å²) in [4.78, 5) is 41.3. The lowest BCUT2D eigenvalue weighted by Gasteiger charge is -2.06. The number of amides is 1. The Labute approximate surface area is 171 Å². The molecule has 0 saturated heterocycles. The van der Waals surface area contributed by atoms with E-state index in [-0.39, 0.29) is 12.1 Å². The van der Waals surface area contributed by atoms with E-state index in [1.165, 1.54) is 48.0 Å². The van der Waals surface area contributed by atoms with Crippen LogP contribution < -0.4 is 21.3 Å². The van der Waals surface area contributed by atoms with Gasteiger partial charge in [0.25, 0.3) is 5.56 Å². The van der Waals surface area contributed by atoms with Gasteiger partial charge in [0.2, 0.25) is 5.91 Å². The summed E-state index contributed by atoms with van der Waals surface area (Å²) >= 11 is 7.38. The molecule has 4 rings (SSSR count). The Bertz CT molecular complexity index is 1400. The van der Waals surface area contributed by atoms with Gasteiger partial charge in [0.1, 0.15) is 12.3 Å². The molecule has 29 heavy (non-hydrogen) atoms. The molecule has 1 aromatic carbocycles. The maximum Gasteiger partial charge on any atom is 0.331 e. The van der Waals surface area contributed by atoms with Crippen LogP contribution in [0.4, 0.5) is 5.13 Å². The quantitative estimate of drug-likeness (QED) is 0.518. The molecule has 1 N–H and O–H groups in total. The molecule has 0 aliphatic rings. The number of rotatable bonds is 4. The number of ether oxygens (including phenoxy) is 1. The van der Waals surface area contributed by atoms with Gasteiger partial charge in [-0.15, -0.1) is 0 Å². The number of fused-ring (bicyclic) bond motifs is 2. The number of nitrogens with zero attached hydrogens (tertiary/aromatic N) is 5. The molecule has 0 fully saturated rings. The topological polar surface area (TPSA) is 113 Å². The maximum atomic E-state index is 12.5. The van der Waals surface area contributed by atoms with Crippen LogP contribution in [0.2, 0.25) is 5.02 Å². The predicted molar refractivity (Wildman–Crippen MR) is 110 cm³/mol. The second-order valence-corrected chi connectivity index (χ2v) is 7.70. The van der Waals surface area contributed by atoms with Crippen LogP contribution in [0.3, 0.4) is 0 Å². The van der Waals surface area contributed by atoms with E-state index in [0.29, 0.717) is 26.9 Å². The highest BCUT2D eigenvalue weighted by atomic mass is 35.5. The summed E-state index contributed by atoms with van der Waals surface area (Å²) in [5, 5.41) is 7.62. The van der Waals surface area contributed by atoms with Crippen LogP contribution >= 0.6 is 22.9 Å². The van der Waals surface area contributed by atoms with Gasteiger partial charge in [-0.3, -0.25) is 18.7 Å². The van der Waals surface area contributed by atoms with Crippen molar-refractivity contribution in [2.75, 3.05) is 12.4 Å². The van der Waals surface area contributed by atoms with E-state index in [0.717, 1.165) is 9.27 Å². The van der Waals surface area contributed by atoms with Crippen LogP contribution in [0.5, 0.6) is 5.75 Å². The van der Waals surface area contributed by atoms with Crippen LogP contribution in [0.25, 0.3) is 21.3 Å². The van der Waals surface area contributed by atoms with Crippen molar-refractivity contribution >= 4 is 55.2 Å². The second-order valence-electron chi connectivity index (χ2n) is 6.26. The van der Waals surface area contributed by atoms with Crippen LogP contribution in [0.15, 0.2) is 27.9 Å². The number of hydrogen-bond acceptors (Lipinski definition) is 7. The molecule has 0 unspecified atom stereocenters. The van der Waals surface area contributed by atoms with Gasteiger partial charge in [0.05, 0.1) is 34.1 Å². The Kier molecular flexibility index (Phi) is 4.63. The van der Waals surface area contributed by atoms with Crippen LogP contribution in [-0.4, -0.2) is 36.9 Å². The number of halogens is 1. The highest BCUT2D eigenvalue weighted by Crippen LogP contribution is 2.34. The summed E-state index contributed by atoms with van der Waals surface area (Å²) in [6.07, 6.45) is 1.39. The molecule has 0 bridgehead atoms. The molecule has 12 heteroatoms. The van der Waals surface area contributed by atoms with Crippen molar-refractivity contribution < 1.29 is 9.53 Å². The minimum absolute atomic E-state index is 0.172. The largest absolute Gasteiger partial charge is 0.495 e. The fourth-order valence-electron chi connectivity index (χ4n) is 2.97. The van der Waals surface area contributed by atoms with Gasteiger partial charge >= 0.3 is 5.69 Å². The van der Waals surface area contributed by atoms with E-state index in [2.05, 4.69) is 15.4 Å². The van der Waals surface area contributed by atoms with E-state index >= 15 is 0 Å². The molecule has 0 spiro atoms. The van der Waals surface area contributed by atoms with Crippen LogP contribution in [-0.2, 0) is 25.4 Å². The fraction of sp³-hybridized carbons (Fsp3) is 0.235. The van der Waals surface area contributed by atoms with Crippen molar-refractivity contribution in [1.82, 2.24) is 23.9 Å². The van der Waals surface area contributed by atoms with Gasteiger partial charge in [0.15, 0.2) is 10.6 Å². The fourth-order valence-corrected chi connectivity index (χ4v) is 4.18. The highest BCUT2D eigenvalue weighted by Gasteiger charge is 2.17. The highest BCUT2D eigenvalue weighted by molar-refractivity contribution is 7.22. The zero-order valence-corrected chi connectivity index (χ0v) is 17.2. The molecular formula is C17H15ClN6O4S. The van der Waals surface area contributed by atoms with Crippen LogP contribution in [0.1, 0.15) is 0 Å². The first-order valence-electron chi connectivity index (χ1n) is 8.35. The molecule has 10 nitrogen and oxygen atoms in total. The molecular weight excluding hydrogens is 420 g/mol. The third-order valence-corrected chi connectivity index (χ3v) is 5.69. The predicted octanol–water partition coefficient (Wildman–Crippen LogP) is 1.34. The smallest absolute Gasteiger partial charge is 0.331 e. The Morgan fingerprint density at radius 2 is 2.03 bits per heavy atom. The molecule has 3 heterocycles. The monoisotopic (exact) mass is 434 g/mol. The second kappa shape index (κ2) is 7.01. The standard InChI is InChI=1S/C17H15ClN6O4S/c1-22-10-6-19-24(14(10)15(26)23(2)17(22)27)7-13(25)21-16-20-9-5-11(28-3)8(18)4-12(9)29-16/h4-6H,7H2,1-3H3,(H,20,21,25). The molecule has 4 aromatic rings. The van der Waals surface area contributed by atoms with Gasteiger partial charge in [-0.25, -0.2) is 14.5 Å². The first-order valence-corrected chi connectivity index (χ1v) is 9.55. The number of hydrogen-bond donors (Lipinski definition) is 1. The van der Waals surface area contributed by atoms with Crippen molar-refractivity contribution in [2.24, 2.45) is 14.1 Å². The number of aryl methyl sites for hydroxylation is 1. The summed E-state index contributed by atoms with van der Waals surface area (Å²) in [6.45, 7) is -0.211. The molecule has 0 radical (unpaired) electrons. The first kappa shape index (κ1) is 19.2. The van der Waals surface area contributed by atoms with E-state index < -0.39 is 17.2 Å². The minimum atomic E-state index is -0.518.